The molecule has 1 aliphatic rings. The van der Waals surface area contributed by atoms with Gasteiger partial charge in [0.15, 0.2) is 5.13 Å². The molecule has 0 atom stereocenters. The molecule has 0 aliphatic carbocycles. The maximum Gasteiger partial charge on any atom is 0.416 e. The van der Waals surface area contributed by atoms with Gasteiger partial charge in [-0.2, -0.15) is 13.2 Å². The standard InChI is InChI=1S/C20H19F3N4O2S2/c21-20(22,23)14-3-1-13(2-4-14)18-24-15(11-30-18)9-17(28)26-19-25-16(12-31-19)10-27-5-7-29-8-6-27/h1-4,11-12H,5-10H2,(H,25,26,28). The predicted molar refractivity (Wildman–Crippen MR) is 113 cm³/mol. The summed E-state index contributed by atoms with van der Waals surface area (Å²) in [7, 11) is 0. The van der Waals surface area contributed by atoms with Crippen LogP contribution in [0.1, 0.15) is 17.0 Å². The number of alkyl halides is 3. The van der Waals surface area contributed by atoms with E-state index in [4.69, 9.17) is 4.74 Å². The first kappa shape index (κ1) is 21.9. The highest BCUT2D eigenvalue weighted by Gasteiger charge is 2.30. The number of rotatable bonds is 6. The van der Waals surface area contributed by atoms with Crippen LogP contribution in [-0.4, -0.2) is 47.1 Å². The fraction of sp³-hybridized carbons (Fsp3) is 0.350. The second kappa shape index (κ2) is 9.43. The molecule has 31 heavy (non-hydrogen) atoms. The number of nitrogens with zero attached hydrogens (tertiary/aromatic N) is 3. The fourth-order valence-corrected chi connectivity index (χ4v) is 4.62. The van der Waals surface area contributed by atoms with Gasteiger partial charge in [0.2, 0.25) is 5.91 Å². The van der Waals surface area contributed by atoms with E-state index in [9.17, 15) is 18.0 Å². The molecule has 1 saturated heterocycles. The fourth-order valence-electron chi connectivity index (χ4n) is 3.08. The van der Waals surface area contributed by atoms with Gasteiger partial charge in [0.05, 0.1) is 36.6 Å². The van der Waals surface area contributed by atoms with Gasteiger partial charge in [-0.1, -0.05) is 12.1 Å². The lowest BCUT2D eigenvalue weighted by molar-refractivity contribution is -0.137. The molecule has 0 saturated carbocycles. The summed E-state index contributed by atoms with van der Waals surface area (Å²) in [5, 5.41) is 7.55. The third-order valence-electron chi connectivity index (χ3n) is 4.64. The van der Waals surface area contributed by atoms with Crippen molar-refractivity contribution in [1.29, 1.82) is 0 Å². The molecule has 3 heterocycles. The summed E-state index contributed by atoms with van der Waals surface area (Å²) < 4.78 is 43.4. The maximum atomic E-state index is 12.7. The predicted octanol–water partition coefficient (Wildman–Crippen LogP) is 4.30. The Morgan fingerprint density at radius 1 is 1.06 bits per heavy atom. The van der Waals surface area contributed by atoms with Gasteiger partial charge in [-0.05, 0) is 12.1 Å². The Morgan fingerprint density at radius 2 is 1.77 bits per heavy atom. The average molecular weight is 469 g/mol. The molecule has 6 nitrogen and oxygen atoms in total. The molecule has 1 fully saturated rings. The summed E-state index contributed by atoms with van der Waals surface area (Å²) in [5.41, 5.74) is 1.34. The summed E-state index contributed by atoms with van der Waals surface area (Å²) in [5.74, 6) is -0.239. The third kappa shape index (κ3) is 5.88. The maximum absolute atomic E-state index is 12.7. The van der Waals surface area contributed by atoms with Crippen LogP contribution in [0.15, 0.2) is 35.0 Å². The number of hydrogen-bond donors (Lipinski definition) is 1. The number of carbonyl (C=O) groups is 1. The summed E-state index contributed by atoms with van der Waals surface area (Å²) in [4.78, 5) is 23.4. The van der Waals surface area contributed by atoms with Gasteiger partial charge in [0, 0.05) is 36.0 Å². The van der Waals surface area contributed by atoms with Crippen molar-refractivity contribution in [3.8, 4) is 10.6 Å². The summed E-state index contributed by atoms with van der Waals surface area (Å²) in [6, 6.07) is 4.83. The van der Waals surface area contributed by atoms with Crippen LogP contribution in [-0.2, 0) is 28.7 Å². The SMILES string of the molecule is O=C(Cc1csc(-c2ccc(C(F)(F)F)cc2)n1)Nc1nc(CN2CCOCC2)cs1. The molecule has 1 aliphatic heterocycles. The number of amides is 1. The summed E-state index contributed by atoms with van der Waals surface area (Å²) in [6.07, 6.45) is -4.31. The molecule has 1 aromatic carbocycles. The van der Waals surface area contributed by atoms with Crippen LogP contribution in [0, 0.1) is 0 Å². The molecule has 164 valence electrons. The highest BCUT2D eigenvalue weighted by atomic mass is 32.1. The van der Waals surface area contributed by atoms with Crippen LogP contribution in [0.5, 0.6) is 0 Å². The van der Waals surface area contributed by atoms with Crippen LogP contribution in [0.3, 0.4) is 0 Å². The molecule has 2 aromatic heterocycles. The Kier molecular flexibility index (Phi) is 6.65. The highest BCUT2D eigenvalue weighted by molar-refractivity contribution is 7.14. The minimum absolute atomic E-state index is 0.0650. The first-order chi connectivity index (χ1) is 14.9. The van der Waals surface area contributed by atoms with Gasteiger partial charge in [0.25, 0.3) is 0 Å². The van der Waals surface area contributed by atoms with Crippen LogP contribution < -0.4 is 5.32 Å². The van der Waals surface area contributed by atoms with Crippen molar-refractivity contribution in [2.45, 2.75) is 19.1 Å². The first-order valence-corrected chi connectivity index (χ1v) is 11.3. The lowest BCUT2D eigenvalue weighted by atomic mass is 10.1. The molecule has 1 N–H and O–H groups in total. The Balaban J connectivity index is 1.32. The van der Waals surface area contributed by atoms with Crippen molar-refractivity contribution in [1.82, 2.24) is 14.9 Å². The smallest absolute Gasteiger partial charge is 0.379 e. The largest absolute Gasteiger partial charge is 0.416 e. The lowest BCUT2D eigenvalue weighted by Gasteiger charge is -2.25. The van der Waals surface area contributed by atoms with Crippen LogP contribution >= 0.6 is 22.7 Å². The molecular formula is C20H19F3N4O2S2. The molecule has 0 radical (unpaired) electrons. The van der Waals surface area contributed by atoms with Crippen molar-refractivity contribution < 1.29 is 22.7 Å². The number of thiazole rings is 2. The molecule has 0 spiro atoms. The minimum atomic E-state index is -4.37. The van der Waals surface area contributed by atoms with Crippen molar-refractivity contribution in [3.05, 3.63) is 52.0 Å². The zero-order valence-corrected chi connectivity index (χ0v) is 17.9. The van der Waals surface area contributed by atoms with E-state index >= 15 is 0 Å². The number of benzene rings is 1. The highest BCUT2D eigenvalue weighted by Crippen LogP contribution is 2.31. The van der Waals surface area contributed by atoms with Gasteiger partial charge >= 0.3 is 6.18 Å². The van der Waals surface area contributed by atoms with Gasteiger partial charge in [-0.3, -0.25) is 9.69 Å². The van der Waals surface area contributed by atoms with Crippen molar-refractivity contribution in [2.75, 3.05) is 31.6 Å². The van der Waals surface area contributed by atoms with E-state index in [0.717, 1.165) is 50.7 Å². The van der Waals surface area contributed by atoms with Crippen molar-refractivity contribution >= 4 is 33.7 Å². The van der Waals surface area contributed by atoms with E-state index in [2.05, 4.69) is 20.2 Å². The van der Waals surface area contributed by atoms with Gasteiger partial charge in [-0.15, -0.1) is 22.7 Å². The Hall–Kier alpha value is -2.34. The van der Waals surface area contributed by atoms with E-state index < -0.39 is 11.7 Å². The van der Waals surface area contributed by atoms with E-state index in [0.29, 0.717) is 21.4 Å². The van der Waals surface area contributed by atoms with Gasteiger partial charge in [0.1, 0.15) is 5.01 Å². The minimum Gasteiger partial charge on any atom is -0.379 e. The molecule has 0 bridgehead atoms. The second-order valence-electron chi connectivity index (χ2n) is 6.98. The van der Waals surface area contributed by atoms with Crippen LogP contribution in [0.2, 0.25) is 0 Å². The number of aromatic nitrogens is 2. The molecule has 4 rings (SSSR count). The quantitative estimate of drug-likeness (QED) is 0.584. The molecule has 1 amide bonds. The number of ether oxygens (including phenoxy) is 1. The number of halogens is 3. The Morgan fingerprint density at radius 3 is 2.48 bits per heavy atom. The number of morpholine rings is 1. The number of carbonyl (C=O) groups excluding carboxylic acids is 1. The first-order valence-electron chi connectivity index (χ1n) is 9.53. The zero-order valence-electron chi connectivity index (χ0n) is 16.3. The van der Waals surface area contributed by atoms with Gasteiger partial charge < -0.3 is 10.1 Å². The summed E-state index contributed by atoms with van der Waals surface area (Å²) in [6.45, 7) is 3.89. The average Bonchev–Trinajstić information content (AvgIpc) is 3.38. The van der Waals surface area contributed by atoms with Crippen LogP contribution in [0.4, 0.5) is 18.3 Å². The number of anilines is 1. The zero-order chi connectivity index (χ0) is 21.8. The van der Waals surface area contributed by atoms with Gasteiger partial charge in [-0.25, -0.2) is 9.97 Å². The Labute approximate surface area is 184 Å². The third-order valence-corrected chi connectivity index (χ3v) is 6.39. The van der Waals surface area contributed by atoms with Crippen molar-refractivity contribution in [2.24, 2.45) is 0 Å². The number of hydrogen-bond acceptors (Lipinski definition) is 7. The van der Waals surface area contributed by atoms with E-state index in [-0.39, 0.29) is 12.3 Å². The number of nitrogens with one attached hydrogen (secondary N) is 1. The topological polar surface area (TPSA) is 67.4 Å². The molecule has 3 aromatic rings. The van der Waals surface area contributed by atoms with E-state index in [1.165, 1.54) is 34.8 Å². The van der Waals surface area contributed by atoms with Crippen molar-refractivity contribution in [3.63, 3.8) is 0 Å². The monoisotopic (exact) mass is 468 g/mol. The Bertz CT molecular complexity index is 1030. The lowest BCUT2D eigenvalue weighted by Crippen LogP contribution is -2.35. The second-order valence-corrected chi connectivity index (χ2v) is 8.69. The normalized spacial score (nSPS) is 15.2. The molecular weight excluding hydrogens is 449 g/mol. The van der Waals surface area contributed by atoms with E-state index in [1.807, 2.05) is 5.38 Å². The summed E-state index contributed by atoms with van der Waals surface area (Å²) >= 11 is 2.66. The van der Waals surface area contributed by atoms with E-state index in [1.54, 1.807) is 5.38 Å². The molecule has 0 unspecified atom stereocenters. The molecule has 11 heteroatoms. The van der Waals surface area contributed by atoms with Crippen LogP contribution in [0.25, 0.3) is 10.6 Å².